The fourth-order valence-corrected chi connectivity index (χ4v) is 3.64. The summed E-state index contributed by atoms with van der Waals surface area (Å²) in [7, 11) is 0. The van der Waals surface area contributed by atoms with Crippen LogP contribution in [0.5, 0.6) is 0 Å². The van der Waals surface area contributed by atoms with E-state index >= 15 is 0 Å². The molecule has 0 radical (unpaired) electrons. The Morgan fingerprint density at radius 1 is 1.11 bits per heavy atom. The lowest BCUT2D eigenvalue weighted by Gasteiger charge is -2.30. The molecule has 2 nitrogen and oxygen atoms in total. The molecule has 1 saturated heterocycles. The summed E-state index contributed by atoms with van der Waals surface area (Å²) in [6.07, 6.45) is 11.9. The van der Waals surface area contributed by atoms with Gasteiger partial charge < -0.3 is 4.74 Å². The molecular formula is C16H28O2. The predicted molar refractivity (Wildman–Crippen MR) is 73.6 cm³/mol. The molecule has 3 unspecified atom stereocenters. The summed E-state index contributed by atoms with van der Waals surface area (Å²) in [4.78, 5) is 12.4. The van der Waals surface area contributed by atoms with E-state index in [4.69, 9.17) is 4.74 Å². The van der Waals surface area contributed by atoms with Crippen LogP contribution in [-0.4, -0.2) is 18.5 Å². The molecule has 2 fully saturated rings. The lowest BCUT2D eigenvalue weighted by atomic mass is 9.74. The molecule has 2 rings (SSSR count). The molecule has 1 heterocycles. The number of carbonyl (C=O) groups excluding carboxylic acids is 1. The first-order valence-electron chi connectivity index (χ1n) is 7.95. The molecule has 0 N–H and O–H groups in total. The van der Waals surface area contributed by atoms with Crippen LogP contribution >= 0.6 is 0 Å². The molecule has 0 aromatic rings. The molecule has 2 heteroatoms. The van der Waals surface area contributed by atoms with E-state index < -0.39 is 0 Å². The highest BCUT2D eigenvalue weighted by Gasteiger charge is 2.29. The van der Waals surface area contributed by atoms with Crippen molar-refractivity contribution in [3.63, 3.8) is 0 Å². The highest BCUT2D eigenvalue weighted by atomic mass is 16.5. The van der Waals surface area contributed by atoms with Crippen molar-refractivity contribution in [3.8, 4) is 0 Å². The molecule has 0 bridgehead atoms. The summed E-state index contributed by atoms with van der Waals surface area (Å²) < 4.78 is 5.72. The molecule has 0 amide bonds. The zero-order chi connectivity index (χ0) is 12.8. The summed E-state index contributed by atoms with van der Waals surface area (Å²) in [6.45, 7) is 3.14. The minimum absolute atomic E-state index is 0.367. The van der Waals surface area contributed by atoms with E-state index in [1.54, 1.807) is 0 Å². The zero-order valence-corrected chi connectivity index (χ0v) is 11.8. The zero-order valence-electron chi connectivity index (χ0n) is 11.8. The van der Waals surface area contributed by atoms with Gasteiger partial charge in [-0.1, -0.05) is 26.2 Å². The number of ketones is 1. The fraction of sp³-hybridized carbons (Fsp3) is 0.938. The van der Waals surface area contributed by atoms with Crippen LogP contribution in [0.1, 0.15) is 71.1 Å². The average molecular weight is 252 g/mol. The van der Waals surface area contributed by atoms with E-state index in [0.717, 1.165) is 32.3 Å². The van der Waals surface area contributed by atoms with E-state index in [-0.39, 0.29) is 0 Å². The third-order valence-electron chi connectivity index (χ3n) is 4.83. The Morgan fingerprint density at radius 3 is 2.61 bits per heavy atom. The van der Waals surface area contributed by atoms with Crippen molar-refractivity contribution in [2.24, 2.45) is 11.8 Å². The Morgan fingerprint density at radius 2 is 1.89 bits per heavy atom. The molecule has 18 heavy (non-hydrogen) atoms. The van der Waals surface area contributed by atoms with E-state index in [1.807, 2.05) is 0 Å². The standard InChI is InChI=1S/C16H28O2/c1-2-13-7-3-4-9-15(13)16(17)11-10-14-8-5-6-12-18-14/h13-15H,2-12H2,1H3. The van der Waals surface area contributed by atoms with Gasteiger partial charge in [0.15, 0.2) is 0 Å². The van der Waals surface area contributed by atoms with Crippen molar-refractivity contribution in [1.82, 2.24) is 0 Å². The Hall–Kier alpha value is -0.370. The quantitative estimate of drug-likeness (QED) is 0.735. The second-order valence-corrected chi connectivity index (χ2v) is 6.05. The van der Waals surface area contributed by atoms with Crippen LogP contribution in [0.25, 0.3) is 0 Å². The summed E-state index contributed by atoms with van der Waals surface area (Å²) in [6, 6.07) is 0. The molecule has 0 aromatic heterocycles. The minimum Gasteiger partial charge on any atom is -0.378 e. The Balaban J connectivity index is 1.75. The maximum Gasteiger partial charge on any atom is 0.136 e. The Labute approximate surface area is 111 Å². The van der Waals surface area contributed by atoms with Gasteiger partial charge in [0.25, 0.3) is 0 Å². The second kappa shape index (κ2) is 7.28. The number of carbonyl (C=O) groups is 1. The minimum atomic E-state index is 0.367. The highest BCUT2D eigenvalue weighted by Crippen LogP contribution is 2.34. The van der Waals surface area contributed by atoms with Crippen LogP contribution in [-0.2, 0) is 9.53 Å². The number of rotatable bonds is 5. The average Bonchev–Trinajstić information content (AvgIpc) is 2.45. The Kier molecular flexibility index (Phi) is 5.68. The van der Waals surface area contributed by atoms with Crippen molar-refractivity contribution in [2.75, 3.05) is 6.61 Å². The normalized spacial score (nSPS) is 33.3. The highest BCUT2D eigenvalue weighted by molar-refractivity contribution is 5.81. The van der Waals surface area contributed by atoms with Gasteiger partial charge in [-0.3, -0.25) is 4.79 Å². The predicted octanol–water partition coefficient (Wildman–Crippen LogP) is 4.12. The molecule has 2 aliphatic rings. The molecule has 0 spiro atoms. The van der Waals surface area contributed by atoms with Crippen molar-refractivity contribution in [2.45, 2.75) is 77.2 Å². The van der Waals surface area contributed by atoms with E-state index in [0.29, 0.717) is 23.7 Å². The van der Waals surface area contributed by atoms with Crippen molar-refractivity contribution < 1.29 is 9.53 Å². The van der Waals surface area contributed by atoms with Crippen LogP contribution in [0.15, 0.2) is 0 Å². The smallest absolute Gasteiger partial charge is 0.136 e. The van der Waals surface area contributed by atoms with E-state index in [2.05, 4.69) is 6.92 Å². The van der Waals surface area contributed by atoms with E-state index in [1.165, 1.54) is 38.5 Å². The van der Waals surface area contributed by atoms with Gasteiger partial charge in [-0.2, -0.15) is 0 Å². The summed E-state index contributed by atoms with van der Waals surface area (Å²) in [5.74, 6) is 1.56. The molecule has 1 aliphatic carbocycles. The number of hydrogen-bond donors (Lipinski definition) is 0. The first-order valence-corrected chi connectivity index (χ1v) is 7.95. The van der Waals surface area contributed by atoms with Gasteiger partial charge in [0, 0.05) is 18.9 Å². The summed E-state index contributed by atoms with van der Waals surface area (Å²) in [5, 5.41) is 0. The molecule has 0 aromatic carbocycles. The topological polar surface area (TPSA) is 26.3 Å². The maximum atomic E-state index is 12.4. The summed E-state index contributed by atoms with van der Waals surface area (Å²) in [5.41, 5.74) is 0. The first kappa shape index (κ1) is 14.0. The number of ether oxygens (including phenoxy) is 1. The number of Topliss-reactive ketones (excluding diaryl/α,β-unsaturated/α-hetero) is 1. The van der Waals surface area contributed by atoms with Gasteiger partial charge in [0.2, 0.25) is 0 Å². The van der Waals surface area contributed by atoms with Crippen molar-refractivity contribution >= 4 is 5.78 Å². The van der Waals surface area contributed by atoms with Crippen LogP contribution < -0.4 is 0 Å². The largest absolute Gasteiger partial charge is 0.378 e. The van der Waals surface area contributed by atoms with Crippen LogP contribution in [0.3, 0.4) is 0 Å². The molecular weight excluding hydrogens is 224 g/mol. The fourth-order valence-electron chi connectivity index (χ4n) is 3.64. The first-order chi connectivity index (χ1) is 8.81. The van der Waals surface area contributed by atoms with Gasteiger partial charge in [0.1, 0.15) is 5.78 Å². The third-order valence-corrected chi connectivity index (χ3v) is 4.83. The Bertz CT molecular complexity index is 256. The molecule has 3 atom stereocenters. The van der Waals surface area contributed by atoms with Gasteiger partial charge in [-0.05, 0) is 44.4 Å². The van der Waals surface area contributed by atoms with Crippen LogP contribution in [0.2, 0.25) is 0 Å². The lowest BCUT2D eigenvalue weighted by Crippen LogP contribution is -2.28. The van der Waals surface area contributed by atoms with Crippen molar-refractivity contribution in [3.05, 3.63) is 0 Å². The third kappa shape index (κ3) is 3.81. The van der Waals surface area contributed by atoms with Crippen molar-refractivity contribution in [1.29, 1.82) is 0 Å². The monoisotopic (exact) mass is 252 g/mol. The van der Waals surface area contributed by atoms with Gasteiger partial charge in [-0.15, -0.1) is 0 Å². The van der Waals surface area contributed by atoms with Gasteiger partial charge in [-0.25, -0.2) is 0 Å². The van der Waals surface area contributed by atoms with Gasteiger partial charge >= 0.3 is 0 Å². The molecule has 1 aliphatic heterocycles. The second-order valence-electron chi connectivity index (χ2n) is 6.05. The maximum absolute atomic E-state index is 12.4. The van der Waals surface area contributed by atoms with Crippen LogP contribution in [0.4, 0.5) is 0 Å². The molecule has 104 valence electrons. The number of hydrogen-bond acceptors (Lipinski definition) is 2. The van der Waals surface area contributed by atoms with E-state index in [9.17, 15) is 4.79 Å². The summed E-state index contributed by atoms with van der Waals surface area (Å²) >= 11 is 0. The van der Waals surface area contributed by atoms with Crippen LogP contribution in [0, 0.1) is 11.8 Å². The SMILES string of the molecule is CCC1CCCCC1C(=O)CCC1CCCCO1. The van der Waals surface area contributed by atoms with Gasteiger partial charge in [0.05, 0.1) is 6.10 Å². The molecule has 1 saturated carbocycles. The lowest BCUT2D eigenvalue weighted by molar-refractivity contribution is -0.126.